The van der Waals surface area contributed by atoms with Gasteiger partial charge in [-0.25, -0.2) is 4.63 Å². The highest BCUT2D eigenvalue weighted by molar-refractivity contribution is 5.48. The van der Waals surface area contributed by atoms with Crippen LogP contribution in [0.3, 0.4) is 0 Å². The summed E-state index contributed by atoms with van der Waals surface area (Å²) in [6, 6.07) is 9.26. The Labute approximate surface area is 125 Å². The van der Waals surface area contributed by atoms with Crippen molar-refractivity contribution in [2.45, 2.75) is 33.4 Å². The molecule has 2 heterocycles. The molecule has 3 rings (SSSR count). The Bertz CT molecular complexity index is 593. The number of rotatable bonds is 3. The van der Waals surface area contributed by atoms with Crippen molar-refractivity contribution in [1.29, 1.82) is 0 Å². The van der Waals surface area contributed by atoms with E-state index in [0.717, 1.165) is 37.6 Å². The van der Waals surface area contributed by atoms with Crippen molar-refractivity contribution in [3.63, 3.8) is 0 Å². The van der Waals surface area contributed by atoms with E-state index in [1.807, 2.05) is 6.92 Å². The Morgan fingerprint density at radius 1 is 1.14 bits per heavy atom. The lowest BCUT2D eigenvalue weighted by molar-refractivity contribution is 0.175. The molecule has 21 heavy (non-hydrogen) atoms. The van der Waals surface area contributed by atoms with Crippen LogP contribution in [0, 0.1) is 13.8 Å². The summed E-state index contributed by atoms with van der Waals surface area (Å²) in [5.74, 6) is 0. The minimum atomic E-state index is 0.483. The molecule has 1 fully saturated rings. The first-order valence-electron chi connectivity index (χ1n) is 7.47. The lowest BCUT2D eigenvalue weighted by atomic mass is 10.1. The van der Waals surface area contributed by atoms with E-state index in [0.29, 0.717) is 6.04 Å². The fourth-order valence-electron chi connectivity index (χ4n) is 2.81. The summed E-state index contributed by atoms with van der Waals surface area (Å²) in [6.07, 6.45) is 0. The van der Waals surface area contributed by atoms with Gasteiger partial charge in [0.15, 0.2) is 0 Å². The van der Waals surface area contributed by atoms with Crippen molar-refractivity contribution in [2.75, 3.05) is 24.5 Å². The molecular formula is C16H22N4O. The van der Waals surface area contributed by atoms with E-state index in [1.165, 1.54) is 11.3 Å². The zero-order chi connectivity index (χ0) is 14.8. The Kier molecular flexibility index (Phi) is 3.92. The Hall–Kier alpha value is -1.88. The number of hydrogen-bond acceptors (Lipinski definition) is 5. The van der Waals surface area contributed by atoms with E-state index in [-0.39, 0.29) is 0 Å². The first-order valence-corrected chi connectivity index (χ1v) is 7.47. The van der Waals surface area contributed by atoms with Gasteiger partial charge in [0.25, 0.3) is 0 Å². The van der Waals surface area contributed by atoms with E-state index in [2.05, 4.69) is 58.2 Å². The van der Waals surface area contributed by atoms with Crippen LogP contribution in [0.5, 0.6) is 0 Å². The molecule has 1 unspecified atom stereocenters. The molecule has 5 heteroatoms. The van der Waals surface area contributed by atoms with Gasteiger partial charge in [0.1, 0.15) is 11.4 Å². The average molecular weight is 286 g/mol. The predicted octanol–water partition coefficient (Wildman–Crippen LogP) is 2.40. The highest BCUT2D eigenvalue weighted by Gasteiger charge is 2.25. The fourth-order valence-corrected chi connectivity index (χ4v) is 2.81. The summed E-state index contributed by atoms with van der Waals surface area (Å²) >= 11 is 0. The van der Waals surface area contributed by atoms with Gasteiger partial charge in [-0.05, 0) is 32.9 Å². The molecule has 0 bridgehead atoms. The molecule has 0 spiro atoms. The quantitative estimate of drug-likeness (QED) is 0.867. The summed E-state index contributed by atoms with van der Waals surface area (Å²) in [5, 5.41) is 7.84. The molecule has 1 aromatic heterocycles. The van der Waals surface area contributed by atoms with Crippen molar-refractivity contribution in [1.82, 2.24) is 15.2 Å². The van der Waals surface area contributed by atoms with Gasteiger partial charge < -0.3 is 4.90 Å². The topological polar surface area (TPSA) is 45.4 Å². The summed E-state index contributed by atoms with van der Waals surface area (Å²) in [5.41, 5.74) is 4.46. The van der Waals surface area contributed by atoms with Crippen molar-refractivity contribution in [3.8, 4) is 0 Å². The average Bonchev–Trinajstić information content (AvgIpc) is 2.87. The van der Waals surface area contributed by atoms with Gasteiger partial charge in [0, 0.05) is 37.9 Å². The standard InChI is InChI=1S/C16H22N4O/c1-12-4-6-15(7-5-12)20-9-8-19(13(2)10-20)11-16-14(3)17-21-18-16/h4-7,13H,8-11H2,1-3H3. The summed E-state index contributed by atoms with van der Waals surface area (Å²) < 4.78 is 4.79. The van der Waals surface area contributed by atoms with Crippen LogP contribution in [0.25, 0.3) is 0 Å². The highest BCUT2D eigenvalue weighted by Crippen LogP contribution is 2.21. The van der Waals surface area contributed by atoms with E-state index in [1.54, 1.807) is 0 Å². The van der Waals surface area contributed by atoms with Crippen LogP contribution in [0.1, 0.15) is 23.9 Å². The SMILES string of the molecule is Cc1ccc(N2CCN(Cc3nonc3C)C(C)C2)cc1. The first-order chi connectivity index (χ1) is 10.1. The third-order valence-corrected chi connectivity index (χ3v) is 4.26. The lowest BCUT2D eigenvalue weighted by Crippen LogP contribution is -2.51. The second kappa shape index (κ2) is 5.85. The number of benzene rings is 1. The van der Waals surface area contributed by atoms with E-state index in [4.69, 9.17) is 4.63 Å². The molecular weight excluding hydrogens is 264 g/mol. The molecule has 112 valence electrons. The van der Waals surface area contributed by atoms with Gasteiger partial charge in [-0.3, -0.25) is 4.90 Å². The molecule has 0 saturated carbocycles. The molecule has 1 saturated heterocycles. The molecule has 0 radical (unpaired) electrons. The smallest absolute Gasteiger partial charge is 0.122 e. The summed E-state index contributed by atoms with van der Waals surface area (Å²) in [7, 11) is 0. The largest absolute Gasteiger partial charge is 0.369 e. The maximum absolute atomic E-state index is 4.79. The number of piperazine rings is 1. The third kappa shape index (κ3) is 3.08. The maximum Gasteiger partial charge on any atom is 0.122 e. The van der Waals surface area contributed by atoms with Gasteiger partial charge >= 0.3 is 0 Å². The van der Waals surface area contributed by atoms with E-state index in [9.17, 15) is 0 Å². The number of nitrogens with zero attached hydrogens (tertiary/aromatic N) is 4. The van der Waals surface area contributed by atoms with Crippen LogP contribution < -0.4 is 4.90 Å². The van der Waals surface area contributed by atoms with E-state index >= 15 is 0 Å². The normalized spacial score (nSPS) is 20.0. The fraction of sp³-hybridized carbons (Fsp3) is 0.500. The summed E-state index contributed by atoms with van der Waals surface area (Å²) in [4.78, 5) is 4.89. The monoisotopic (exact) mass is 286 g/mol. The minimum Gasteiger partial charge on any atom is -0.369 e. The molecule has 0 amide bonds. The van der Waals surface area contributed by atoms with Crippen molar-refractivity contribution in [3.05, 3.63) is 41.2 Å². The second-order valence-electron chi connectivity index (χ2n) is 5.90. The molecule has 1 atom stereocenters. The second-order valence-corrected chi connectivity index (χ2v) is 5.90. The van der Waals surface area contributed by atoms with Gasteiger partial charge in [0.2, 0.25) is 0 Å². The number of aromatic nitrogens is 2. The van der Waals surface area contributed by atoms with Gasteiger partial charge in [-0.1, -0.05) is 28.0 Å². The van der Waals surface area contributed by atoms with E-state index < -0.39 is 0 Å². The highest BCUT2D eigenvalue weighted by atomic mass is 16.6. The predicted molar refractivity (Wildman–Crippen MR) is 82.3 cm³/mol. The van der Waals surface area contributed by atoms with Crippen LogP contribution in [0.4, 0.5) is 5.69 Å². The van der Waals surface area contributed by atoms with Crippen LogP contribution >= 0.6 is 0 Å². The van der Waals surface area contributed by atoms with Crippen LogP contribution in [0.15, 0.2) is 28.9 Å². The van der Waals surface area contributed by atoms with Gasteiger partial charge in [-0.15, -0.1) is 0 Å². The third-order valence-electron chi connectivity index (χ3n) is 4.26. The van der Waals surface area contributed by atoms with Crippen LogP contribution in [-0.4, -0.2) is 40.9 Å². The van der Waals surface area contributed by atoms with Crippen LogP contribution in [0.2, 0.25) is 0 Å². The molecule has 1 aliphatic heterocycles. The Morgan fingerprint density at radius 2 is 1.90 bits per heavy atom. The lowest BCUT2D eigenvalue weighted by Gasteiger charge is -2.40. The van der Waals surface area contributed by atoms with Crippen LogP contribution in [-0.2, 0) is 6.54 Å². The van der Waals surface area contributed by atoms with Gasteiger partial charge in [0.05, 0.1) is 0 Å². The zero-order valence-electron chi connectivity index (χ0n) is 12.9. The number of anilines is 1. The van der Waals surface area contributed by atoms with Crippen molar-refractivity contribution in [2.24, 2.45) is 0 Å². The Morgan fingerprint density at radius 3 is 2.52 bits per heavy atom. The molecule has 1 aliphatic rings. The zero-order valence-corrected chi connectivity index (χ0v) is 12.9. The minimum absolute atomic E-state index is 0.483. The van der Waals surface area contributed by atoms with Crippen molar-refractivity contribution >= 4 is 5.69 Å². The molecule has 0 aliphatic carbocycles. The molecule has 2 aromatic rings. The molecule has 0 N–H and O–H groups in total. The maximum atomic E-state index is 4.79. The number of aryl methyl sites for hydroxylation is 2. The van der Waals surface area contributed by atoms with Gasteiger partial charge in [-0.2, -0.15) is 0 Å². The molecule has 1 aromatic carbocycles. The first kappa shape index (κ1) is 14.1. The number of hydrogen-bond donors (Lipinski definition) is 0. The van der Waals surface area contributed by atoms with Crippen molar-refractivity contribution < 1.29 is 4.63 Å². The Balaban J connectivity index is 1.64. The summed E-state index contributed by atoms with van der Waals surface area (Å²) in [6.45, 7) is 10.3. The molecule has 5 nitrogen and oxygen atoms in total.